The fourth-order valence-corrected chi connectivity index (χ4v) is 4.84. The highest BCUT2D eigenvalue weighted by Crippen LogP contribution is 2.41. The fourth-order valence-electron chi connectivity index (χ4n) is 3.47. The van der Waals surface area contributed by atoms with Gasteiger partial charge in [0.05, 0.1) is 4.90 Å². The maximum atomic E-state index is 14.2. The zero-order valence-corrected chi connectivity index (χ0v) is 17.3. The van der Waals surface area contributed by atoms with Crippen molar-refractivity contribution in [3.63, 3.8) is 0 Å². The van der Waals surface area contributed by atoms with Crippen molar-refractivity contribution >= 4 is 10.0 Å². The Morgan fingerprint density at radius 3 is 2.43 bits per heavy atom. The van der Waals surface area contributed by atoms with E-state index in [-0.39, 0.29) is 28.5 Å². The van der Waals surface area contributed by atoms with Crippen molar-refractivity contribution < 1.29 is 21.9 Å². The summed E-state index contributed by atoms with van der Waals surface area (Å²) in [7, 11) is -0.617. The monoisotopic (exact) mass is 432 g/mol. The maximum Gasteiger partial charge on any atom is 0.253 e. The fraction of sp³-hybridized carbons (Fsp3) is 0.190. The van der Waals surface area contributed by atoms with Gasteiger partial charge >= 0.3 is 0 Å². The summed E-state index contributed by atoms with van der Waals surface area (Å²) in [6.45, 7) is 1.79. The Labute approximate surface area is 172 Å². The molecule has 9 heteroatoms. The van der Waals surface area contributed by atoms with Crippen LogP contribution >= 0.6 is 0 Å². The lowest BCUT2D eigenvalue weighted by Crippen LogP contribution is -2.19. The van der Waals surface area contributed by atoms with E-state index >= 15 is 0 Å². The molecular weight excluding hydrogens is 414 g/mol. The van der Waals surface area contributed by atoms with Crippen LogP contribution in [0.25, 0.3) is 11.1 Å². The highest BCUT2D eigenvalue weighted by atomic mass is 32.2. The Balaban J connectivity index is 1.95. The van der Waals surface area contributed by atoms with Crippen molar-refractivity contribution in [2.24, 2.45) is 7.05 Å². The zero-order valence-electron chi connectivity index (χ0n) is 16.4. The molecule has 4 rings (SSSR count). The lowest BCUT2D eigenvalue weighted by atomic mass is 10.0. The molecular formula is C21H18F2N2O4S. The quantitative estimate of drug-likeness (QED) is 0.635. The Hall–Kier alpha value is -3.04. The first-order valence-electron chi connectivity index (χ1n) is 9.02. The molecule has 0 N–H and O–H groups in total. The van der Waals surface area contributed by atoms with Crippen molar-refractivity contribution in [2.45, 2.75) is 18.4 Å². The van der Waals surface area contributed by atoms with Crippen LogP contribution in [0.1, 0.15) is 11.1 Å². The minimum absolute atomic E-state index is 0.124. The summed E-state index contributed by atoms with van der Waals surface area (Å²) in [5.74, 6) is -1.63. The SMILES string of the molecule is Cc1cc(-c2cc3c(cc2Oc2ccc(F)cc2F)CN(C)S3(=O)=O)cn(C)c1=O. The van der Waals surface area contributed by atoms with Gasteiger partial charge in [-0.05, 0) is 42.8 Å². The molecule has 30 heavy (non-hydrogen) atoms. The van der Waals surface area contributed by atoms with E-state index in [0.29, 0.717) is 28.3 Å². The topological polar surface area (TPSA) is 68.6 Å². The van der Waals surface area contributed by atoms with Crippen LogP contribution in [0.15, 0.2) is 52.3 Å². The summed E-state index contributed by atoms with van der Waals surface area (Å²) in [5.41, 5.74) is 1.66. The van der Waals surface area contributed by atoms with E-state index in [2.05, 4.69) is 0 Å². The smallest absolute Gasteiger partial charge is 0.253 e. The molecule has 1 aliphatic heterocycles. The minimum Gasteiger partial charge on any atom is -0.454 e. The summed E-state index contributed by atoms with van der Waals surface area (Å²) in [4.78, 5) is 12.2. The van der Waals surface area contributed by atoms with E-state index in [4.69, 9.17) is 4.74 Å². The third kappa shape index (κ3) is 3.29. The van der Waals surface area contributed by atoms with Gasteiger partial charge in [0.1, 0.15) is 11.6 Å². The number of pyridine rings is 1. The summed E-state index contributed by atoms with van der Waals surface area (Å²) in [5, 5.41) is 0. The van der Waals surface area contributed by atoms with Crippen LogP contribution in [-0.2, 0) is 23.6 Å². The molecule has 0 aliphatic carbocycles. The molecule has 0 unspecified atom stereocenters. The molecule has 0 amide bonds. The molecule has 0 bridgehead atoms. The Morgan fingerprint density at radius 1 is 1.03 bits per heavy atom. The van der Waals surface area contributed by atoms with Gasteiger partial charge in [0, 0.05) is 49.6 Å². The van der Waals surface area contributed by atoms with Gasteiger partial charge in [0.2, 0.25) is 10.0 Å². The molecule has 2 aromatic carbocycles. The number of sulfonamides is 1. The van der Waals surface area contributed by atoms with Crippen LogP contribution in [0.3, 0.4) is 0 Å². The van der Waals surface area contributed by atoms with Gasteiger partial charge in [0.25, 0.3) is 5.56 Å². The standard InChI is InChI=1S/C21H18F2N2O4S/c1-12-6-13(10-24(2)21(12)26)16-9-20-14(11-25(3)30(20,27)28)7-19(16)29-18-5-4-15(22)8-17(18)23/h4-10H,11H2,1-3H3. The first kappa shape index (κ1) is 20.2. The van der Waals surface area contributed by atoms with Crippen molar-refractivity contribution in [1.29, 1.82) is 0 Å². The highest BCUT2D eigenvalue weighted by molar-refractivity contribution is 7.89. The number of rotatable bonds is 3. The molecule has 0 spiro atoms. The number of aryl methyl sites for hydroxylation is 2. The van der Waals surface area contributed by atoms with Crippen LogP contribution in [0.5, 0.6) is 11.5 Å². The summed E-state index contributed by atoms with van der Waals surface area (Å²) >= 11 is 0. The van der Waals surface area contributed by atoms with Crippen LogP contribution < -0.4 is 10.3 Å². The molecule has 1 aliphatic rings. The average Bonchev–Trinajstić information content (AvgIpc) is 2.89. The number of halogens is 2. The van der Waals surface area contributed by atoms with Crippen molar-refractivity contribution in [3.05, 3.63) is 75.7 Å². The molecule has 0 radical (unpaired) electrons. The number of nitrogens with zero attached hydrogens (tertiary/aromatic N) is 2. The molecule has 2 heterocycles. The summed E-state index contributed by atoms with van der Waals surface area (Å²) in [6, 6.07) is 7.55. The lowest BCUT2D eigenvalue weighted by Gasteiger charge is -2.15. The van der Waals surface area contributed by atoms with Gasteiger partial charge in [-0.3, -0.25) is 4.79 Å². The van der Waals surface area contributed by atoms with E-state index in [1.807, 2.05) is 0 Å². The van der Waals surface area contributed by atoms with Crippen molar-refractivity contribution in [2.75, 3.05) is 7.05 Å². The second-order valence-corrected chi connectivity index (χ2v) is 9.24. The van der Waals surface area contributed by atoms with Gasteiger partial charge in [0.15, 0.2) is 11.6 Å². The first-order valence-corrected chi connectivity index (χ1v) is 10.5. The largest absolute Gasteiger partial charge is 0.454 e. The Kier molecular flexibility index (Phi) is 4.74. The molecule has 6 nitrogen and oxygen atoms in total. The average molecular weight is 432 g/mol. The normalized spacial score (nSPS) is 15.2. The van der Waals surface area contributed by atoms with Crippen LogP contribution in [0.2, 0.25) is 0 Å². The second kappa shape index (κ2) is 7.03. The summed E-state index contributed by atoms with van der Waals surface area (Å²) < 4.78 is 61.1. The number of ether oxygens (including phenoxy) is 1. The van der Waals surface area contributed by atoms with Gasteiger partial charge in [-0.1, -0.05) is 0 Å². The number of fused-ring (bicyclic) bond motifs is 1. The zero-order chi connectivity index (χ0) is 21.8. The van der Waals surface area contributed by atoms with Gasteiger partial charge < -0.3 is 9.30 Å². The minimum atomic E-state index is -3.66. The van der Waals surface area contributed by atoms with Crippen LogP contribution in [-0.4, -0.2) is 24.3 Å². The number of aromatic nitrogens is 1. The predicted octanol–water partition coefficient (Wildman–Crippen LogP) is 3.57. The van der Waals surface area contributed by atoms with Gasteiger partial charge in [-0.15, -0.1) is 0 Å². The predicted molar refractivity (Wildman–Crippen MR) is 107 cm³/mol. The third-order valence-corrected chi connectivity index (χ3v) is 6.92. The van der Waals surface area contributed by atoms with Crippen molar-refractivity contribution in [1.82, 2.24) is 8.87 Å². The highest BCUT2D eigenvalue weighted by Gasteiger charge is 2.33. The molecule has 0 saturated carbocycles. The Morgan fingerprint density at radius 2 is 1.77 bits per heavy atom. The molecule has 0 saturated heterocycles. The molecule has 0 fully saturated rings. The van der Waals surface area contributed by atoms with E-state index in [1.165, 1.54) is 28.1 Å². The molecule has 1 aromatic heterocycles. The number of benzene rings is 2. The van der Waals surface area contributed by atoms with E-state index in [9.17, 15) is 22.0 Å². The lowest BCUT2D eigenvalue weighted by molar-refractivity contribution is 0.437. The van der Waals surface area contributed by atoms with Crippen molar-refractivity contribution in [3.8, 4) is 22.6 Å². The number of hydrogen-bond donors (Lipinski definition) is 0. The van der Waals surface area contributed by atoms with E-state index in [1.54, 1.807) is 26.2 Å². The van der Waals surface area contributed by atoms with Gasteiger partial charge in [-0.25, -0.2) is 17.2 Å². The van der Waals surface area contributed by atoms with E-state index < -0.39 is 21.7 Å². The molecule has 0 atom stereocenters. The Bertz CT molecular complexity index is 1320. The molecule has 156 valence electrons. The van der Waals surface area contributed by atoms with Crippen LogP contribution in [0.4, 0.5) is 8.78 Å². The number of hydrogen-bond acceptors (Lipinski definition) is 4. The summed E-state index contributed by atoms with van der Waals surface area (Å²) in [6.07, 6.45) is 1.55. The van der Waals surface area contributed by atoms with Gasteiger partial charge in [-0.2, -0.15) is 4.31 Å². The molecule has 3 aromatic rings. The second-order valence-electron chi connectivity index (χ2n) is 7.22. The van der Waals surface area contributed by atoms with Crippen LogP contribution in [0, 0.1) is 18.6 Å². The maximum absolute atomic E-state index is 14.2. The third-order valence-electron chi connectivity index (χ3n) is 5.03. The van der Waals surface area contributed by atoms with E-state index in [0.717, 1.165) is 12.1 Å². The first-order chi connectivity index (χ1) is 14.1.